The van der Waals surface area contributed by atoms with Crippen molar-refractivity contribution in [1.82, 2.24) is 15.3 Å². The van der Waals surface area contributed by atoms with Crippen LogP contribution in [-0.2, 0) is 4.79 Å². The van der Waals surface area contributed by atoms with Gasteiger partial charge in [0.05, 0.1) is 11.0 Å². The fourth-order valence-electron chi connectivity index (χ4n) is 2.36. The summed E-state index contributed by atoms with van der Waals surface area (Å²) in [6.45, 7) is 3.74. The molecule has 1 heterocycles. The zero-order chi connectivity index (χ0) is 17.4. The van der Waals surface area contributed by atoms with Crippen molar-refractivity contribution in [1.29, 1.82) is 0 Å². The van der Waals surface area contributed by atoms with Gasteiger partial charge in [-0.3, -0.25) is 14.9 Å². The summed E-state index contributed by atoms with van der Waals surface area (Å²) in [6.07, 6.45) is 7.04. The molecule has 1 saturated carbocycles. The fourth-order valence-corrected chi connectivity index (χ4v) is 2.73. The Labute approximate surface area is 144 Å². The van der Waals surface area contributed by atoms with Crippen LogP contribution in [-0.4, -0.2) is 32.8 Å². The molecule has 1 aromatic heterocycles. The number of Topliss-reactive ketones (excluding diaryl/α,β-unsaturated/α-hetero) is 1. The van der Waals surface area contributed by atoms with Crippen LogP contribution in [0.25, 0.3) is 0 Å². The Morgan fingerprint density at radius 2 is 2.09 bits per heavy atom. The number of rotatable bonds is 5. The molecule has 23 heavy (non-hydrogen) atoms. The number of hydrogen-bond donors (Lipinski definition) is 1. The molecule has 0 aromatic carbocycles. The van der Waals surface area contributed by atoms with Crippen molar-refractivity contribution >= 4 is 34.7 Å². The molecule has 1 N–H and O–H groups in total. The molecule has 128 valence electrons. The SMILES string of the molecule is CC[C@@H](NC1CCCC1)C(C)=O.O=[N+]([O-])c1cnc(Cl)nc1Cl. The summed E-state index contributed by atoms with van der Waals surface area (Å²) in [7, 11) is 0. The maximum Gasteiger partial charge on any atom is 0.324 e. The third-order valence-corrected chi connectivity index (χ3v) is 4.04. The van der Waals surface area contributed by atoms with E-state index < -0.39 is 4.92 Å². The number of halogens is 2. The molecule has 1 atom stereocenters. The van der Waals surface area contributed by atoms with Crippen LogP contribution in [0.5, 0.6) is 0 Å². The average Bonchev–Trinajstić information content (AvgIpc) is 2.97. The van der Waals surface area contributed by atoms with E-state index in [2.05, 4.69) is 22.2 Å². The molecule has 7 nitrogen and oxygen atoms in total. The van der Waals surface area contributed by atoms with E-state index in [9.17, 15) is 14.9 Å². The Balaban J connectivity index is 0.000000231. The van der Waals surface area contributed by atoms with Gasteiger partial charge in [-0.25, -0.2) is 4.98 Å². The van der Waals surface area contributed by atoms with Gasteiger partial charge < -0.3 is 5.32 Å². The number of hydrogen-bond acceptors (Lipinski definition) is 6. The Morgan fingerprint density at radius 3 is 2.52 bits per heavy atom. The van der Waals surface area contributed by atoms with Gasteiger partial charge in [-0.05, 0) is 37.8 Å². The predicted molar refractivity (Wildman–Crippen MR) is 88.9 cm³/mol. The molecule has 0 radical (unpaired) electrons. The third kappa shape index (κ3) is 6.76. The van der Waals surface area contributed by atoms with E-state index in [1.54, 1.807) is 6.92 Å². The fraction of sp³-hybridized carbons (Fsp3) is 0.643. The summed E-state index contributed by atoms with van der Waals surface area (Å²) in [5.41, 5.74) is -0.351. The second-order valence-electron chi connectivity index (χ2n) is 5.29. The molecule has 0 spiro atoms. The summed E-state index contributed by atoms with van der Waals surface area (Å²) in [5, 5.41) is 13.2. The van der Waals surface area contributed by atoms with Crippen LogP contribution in [0.3, 0.4) is 0 Å². The number of carbonyl (C=O) groups excluding carboxylic acids is 1. The van der Waals surface area contributed by atoms with Crippen LogP contribution < -0.4 is 5.32 Å². The first-order valence-corrected chi connectivity index (χ1v) is 8.19. The Bertz CT molecular complexity index is 551. The van der Waals surface area contributed by atoms with Crippen LogP contribution in [0.4, 0.5) is 5.69 Å². The normalized spacial score (nSPS) is 15.7. The first-order chi connectivity index (χ1) is 10.8. The number of nitro groups is 1. The topological polar surface area (TPSA) is 98.0 Å². The lowest BCUT2D eigenvalue weighted by atomic mass is 10.1. The first kappa shape index (κ1) is 19.7. The molecule has 0 aliphatic heterocycles. The predicted octanol–water partition coefficient (Wildman–Crippen LogP) is 3.58. The molecule has 0 unspecified atom stereocenters. The highest BCUT2D eigenvalue weighted by Crippen LogP contribution is 2.21. The van der Waals surface area contributed by atoms with Crippen molar-refractivity contribution in [2.24, 2.45) is 0 Å². The summed E-state index contributed by atoms with van der Waals surface area (Å²) in [4.78, 5) is 27.3. The summed E-state index contributed by atoms with van der Waals surface area (Å²) in [5.74, 6) is 0.282. The summed E-state index contributed by atoms with van der Waals surface area (Å²) < 4.78 is 0. The van der Waals surface area contributed by atoms with Crippen molar-refractivity contribution in [3.05, 3.63) is 26.7 Å². The van der Waals surface area contributed by atoms with Gasteiger partial charge in [-0.15, -0.1) is 0 Å². The molecule has 2 rings (SSSR count). The van der Waals surface area contributed by atoms with Crippen LogP contribution in [0.1, 0.15) is 46.0 Å². The summed E-state index contributed by atoms with van der Waals surface area (Å²) in [6, 6.07) is 0.715. The number of nitrogens with zero attached hydrogens (tertiary/aromatic N) is 3. The van der Waals surface area contributed by atoms with E-state index in [0.717, 1.165) is 12.6 Å². The smallest absolute Gasteiger partial charge is 0.305 e. The van der Waals surface area contributed by atoms with Crippen molar-refractivity contribution in [2.75, 3.05) is 0 Å². The maximum atomic E-state index is 11.1. The van der Waals surface area contributed by atoms with Gasteiger partial charge in [0.2, 0.25) is 10.4 Å². The molecule has 0 saturated heterocycles. The van der Waals surface area contributed by atoms with E-state index in [0.29, 0.717) is 6.04 Å². The minimum absolute atomic E-state index is 0.105. The van der Waals surface area contributed by atoms with Gasteiger partial charge in [0, 0.05) is 6.04 Å². The van der Waals surface area contributed by atoms with Gasteiger partial charge in [0.25, 0.3) is 0 Å². The minimum atomic E-state index is -0.682. The molecule has 1 fully saturated rings. The van der Waals surface area contributed by atoms with Crippen LogP contribution >= 0.6 is 23.2 Å². The highest BCUT2D eigenvalue weighted by atomic mass is 35.5. The van der Waals surface area contributed by atoms with Crippen LogP contribution in [0.2, 0.25) is 10.4 Å². The van der Waals surface area contributed by atoms with Crippen LogP contribution in [0, 0.1) is 10.1 Å². The highest BCUT2D eigenvalue weighted by molar-refractivity contribution is 6.33. The van der Waals surface area contributed by atoms with E-state index in [1.165, 1.54) is 25.7 Å². The van der Waals surface area contributed by atoms with Gasteiger partial charge >= 0.3 is 5.69 Å². The molecule has 9 heteroatoms. The number of aromatic nitrogens is 2. The average molecular weight is 363 g/mol. The van der Waals surface area contributed by atoms with Crippen molar-refractivity contribution < 1.29 is 9.72 Å². The highest BCUT2D eigenvalue weighted by Gasteiger charge is 2.20. The van der Waals surface area contributed by atoms with E-state index in [-0.39, 0.29) is 27.9 Å². The number of ketones is 1. The van der Waals surface area contributed by atoms with Crippen LogP contribution in [0.15, 0.2) is 6.20 Å². The second kappa shape index (κ2) is 9.75. The Morgan fingerprint density at radius 1 is 1.48 bits per heavy atom. The standard InChI is InChI=1S/C10H19NO.C4HCl2N3O2/c1-3-10(8(2)12)11-9-6-4-5-7-9;5-3-2(9(10)11)1-7-4(6)8-3/h9-11H,3-7H2,1-2H3;1H/t10-;/m1./s1. The van der Waals surface area contributed by atoms with Gasteiger partial charge in [0.15, 0.2) is 0 Å². The molecule has 1 aromatic rings. The molecule has 0 bridgehead atoms. The zero-order valence-corrected chi connectivity index (χ0v) is 14.6. The third-order valence-electron chi connectivity index (χ3n) is 3.58. The minimum Gasteiger partial charge on any atom is -0.305 e. The van der Waals surface area contributed by atoms with Crippen molar-refractivity contribution in [3.63, 3.8) is 0 Å². The summed E-state index contributed by atoms with van der Waals surface area (Å²) >= 11 is 10.6. The van der Waals surface area contributed by atoms with Gasteiger partial charge in [-0.2, -0.15) is 4.98 Å². The monoisotopic (exact) mass is 362 g/mol. The Hall–Kier alpha value is -1.31. The first-order valence-electron chi connectivity index (χ1n) is 7.44. The molecule has 1 aliphatic carbocycles. The lowest BCUT2D eigenvalue weighted by molar-refractivity contribution is -0.385. The van der Waals surface area contributed by atoms with E-state index >= 15 is 0 Å². The molecule has 0 amide bonds. The zero-order valence-electron chi connectivity index (χ0n) is 13.1. The maximum absolute atomic E-state index is 11.1. The Kier molecular flexibility index (Phi) is 8.36. The number of carbonyl (C=O) groups is 1. The molecular formula is C14H20Cl2N4O3. The van der Waals surface area contributed by atoms with E-state index in [4.69, 9.17) is 23.2 Å². The molecular weight excluding hydrogens is 343 g/mol. The van der Waals surface area contributed by atoms with Crippen molar-refractivity contribution in [3.8, 4) is 0 Å². The lowest BCUT2D eigenvalue weighted by Crippen LogP contribution is -2.40. The largest absolute Gasteiger partial charge is 0.324 e. The van der Waals surface area contributed by atoms with E-state index in [1.807, 2.05) is 0 Å². The molecule has 1 aliphatic rings. The lowest BCUT2D eigenvalue weighted by Gasteiger charge is -2.18. The number of nitrogens with one attached hydrogen (secondary N) is 1. The van der Waals surface area contributed by atoms with Crippen molar-refractivity contribution in [2.45, 2.75) is 58.0 Å². The van der Waals surface area contributed by atoms with Gasteiger partial charge in [0.1, 0.15) is 12.0 Å². The quantitative estimate of drug-likeness (QED) is 0.372. The second-order valence-corrected chi connectivity index (χ2v) is 5.99. The van der Waals surface area contributed by atoms with Gasteiger partial charge in [-0.1, -0.05) is 31.4 Å².